The lowest BCUT2D eigenvalue weighted by Crippen LogP contribution is -2.29. The van der Waals surface area contributed by atoms with Gasteiger partial charge in [0.05, 0.1) is 0 Å². The molecule has 0 radical (unpaired) electrons. The zero-order valence-corrected chi connectivity index (χ0v) is 15.2. The highest BCUT2D eigenvalue weighted by Gasteiger charge is 2.15. The summed E-state index contributed by atoms with van der Waals surface area (Å²) >= 11 is 0. The highest BCUT2D eigenvalue weighted by atomic mass is 16.2. The first kappa shape index (κ1) is 17.8. The smallest absolute Gasteiger partial charge is 0.314 e. The molecule has 0 atom stereocenters. The first-order valence-electron chi connectivity index (χ1n) is 8.78. The zero-order valence-electron chi connectivity index (χ0n) is 15.2. The Kier molecular flexibility index (Phi) is 5.41. The van der Waals surface area contributed by atoms with Crippen LogP contribution in [-0.2, 0) is 9.59 Å². The number of hydrogen-bond donors (Lipinski definition) is 2. The van der Waals surface area contributed by atoms with Gasteiger partial charge in [0.15, 0.2) is 0 Å². The molecule has 2 aromatic carbocycles. The summed E-state index contributed by atoms with van der Waals surface area (Å²) in [6.45, 7) is 2.14. The first-order valence-corrected chi connectivity index (χ1v) is 8.78. The van der Waals surface area contributed by atoms with Crippen molar-refractivity contribution in [3.63, 3.8) is 0 Å². The molecule has 0 aromatic heterocycles. The van der Waals surface area contributed by atoms with Crippen molar-refractivity contribution in [2.45, 2.75) is 12.8 Å². The number of amides is 2. The monoisotopic (exact) mass is 352 g/mol. The molecule has 136 valence electrons. The lowest BCUT2D eigenvalue weighted by Gasteiger charge is -2.17. The Morgan fingerprint density at radius 3 is 1.73 bits per heavy atom. The zero-order chi connectivity index (χ0) is 18.5. The summed E-state index contributed by atoms with van der Waals surface area (Å²) in [5.74, 6) is -1.37. The predicted octanol–water partition coefficient (Wildman–Crippen LogP) is 2.93. The number of nitrogens with one attached hydrogen (secondary N) is 2. The molecular formula is C20H24N4O2. The fourth-order valence-electron chi connectivity index (χ4n) is 2.95. The third-order valence-electron chi connectivity index (χ3n) is 4.44. The van der Waals surface area contributed by atoms with Crippen LogP contribution in [0.2, 0.25) is 0 Å². The van der Waals surface area contributed by atoms with Gasteiger partial charge in [-0.2, -0.15) is 0 Å². The Morgan fingerprint density at radius 2 is 1.27 bits per heavy atom. The van der Waals surface area contributed by atoms with Gasteiger partial charge in [0, 0.05) is 49.9 Å². The summed E-state index contributed by atoms with van der Waals surface area (Å²) in [4.78, 5) is 28.4. The van der Waals surface area contributed by atoms with Crippen LogP contribution in [0.1, 0.15) is 12.8 Å². The van der Waals surface area contributed by atoms with Crippen LogP contribution in [0.3, 0.4) is 0 Å². The highest BCUT2D eigenvalue weighted by molar-refractivity contribution is 6.43. The van der Waals surface area contributed by atoms with E-state index in [9.17, 15) is 9.59 Å². The van der Waals surface area contributed by atoms with Crippen LogP contribution in [0.15, 0.2) is 48.5 Å². The van der Waals surface area contributed by atoms with Crippen molar-refractivity contribution in [3.05, 3.63) is 48.5 Å². The van der Waals surface area contributed by atoms with Gasteiger partial charge >= 0.3 is 11.8 Å². The van der Waals surface area contributed by atoms with E-state index in [4.69, 9.17) is 0 Å². The van der Waals surface area contributed by atoms with E-state index in [1.165, 1.54) is 12.8 Å². The van der Waals surface area contributed by atoms with Crippen molar-refractivity contribution >= 4 is 34.6 Å². The number of benzene rings is 2. The Labute approximate surface area is 153 Å². The summed E-state index contributed by atoms with van der Waals surface area (Å²) in [6, 6.07) is 14.9. The molecule has 1 fully saturated rings. The average molecular weight is 352 g/mol. The molecule has 0 aliphatic carbocycles. The number of rotatable bonds is 4. The topological polar surface area (TPSA) is 64.7 Å². The second-order valence-corrected chi connectivity index (χ2v) is 6.59. The molecule has 0 spiro atoms. The molecule has 6 heteroatoms. The van der Waals surface area contributed by atoms with E-state index >= 15 is 0 Å². The van der Waals surface area contributed by atoms with Crippen LogP contribution in [0.4, 0.5) is 22.7 Å². The Bertz CT molecular complexity index is 763. The third-order valence-corrected chi connectivity index (χ3v) is 4.44. The molecule has 2 aromatic rings. The molecule has 1 aliphatic heterocycles. The summed E-state index contributed by atoms with van der Waals surface area (Å²) in [5, 5.41) is 5.24. The molecule has 0 unspecified atom stereocenters. The maximum absolute atomic E-state index is 12.1. The number of nitrogens with zero attached hydrogens (tertiary/aromatic N) is 2. The molecule has 0 saturated carbocycles. The van der Waals surface area contributed by atoms with Crippen molar-refractivity contribution < 1.29 is 9.59 Å². The van der Waals surface area contributed by atoms with Crippen LogP contribution in [-0.4, -0.2) is 39.0 Å². The fraction of sp³-hybridized carbons (Fsp3) is 0.300. The van der Waals surface area contributed by atoms with Crippen LogP contribution in [0, 0.1) is 0 Å². The van der Waals surface area contributed by atoms with Crippen LogP contribution in [0.5, 0.6) is 0 Å². The van der Waals surface area contributed by atoms with Gasteiger partial charge in [-0.15, -0.1) is 0 Å². The number of carbonyl (C=O) groups excluding carboxylic acids is 2. The molecule has 2 amide bonds. The van der Waals surface area contributed by atoms with Gasteiger partial charge in [0.25, 0.3) is 0 Å². The van der Waals surface area contributed by atoms with Gasteiger partial charge in [-0.3, -0.25) is 9.59 Å². The van der Waals surface area contributed by atoms with Crippen molar-refractivity contribution in [2.24, 2.45) is 0 Å². The normalized spacial score (nSPS) is 13.4. The van der Waals surface area contributed by atoms with Gasteiger partial charge in [-0.25, -0.2) is 0 Å². The first-order chi connectivity index (χ1) is 12.5. The van der Waals surface area contributed by atoms with E-state index < -0.39 is 11.8 Å². The van der Waals surface area contributed by atoms with Gasteiger partial charge in [-0.05, 0) is 61.4 Å². The molecule has 26 heavy (non-hydrogen) atoms. The highest BCUT2D eigenvalue weighted by Crippen LogP contribution is 2.22. The summed E-state index contributed by atoms with van der Waals surface area (Å²) < 4.78 is 0. The van der Waals surface area contributed by atoms with E-state index in [0.717, 1.165) is 24.5 Å². The van der Waals surface area contributed by atoms with Crippen LogP contribution < -0.4 is 20.4 Å². The largest absolute Gasteiger partial charge is 0.378 e. The van der Waals surface area contributed by atoms with E-state index in [0.29, 0.717) is 11.4 Å². The third kappa shape index (κ3) is 4.33. The second-order valence-electron chi connectivity index (χ2n) is 6.59. The standard InChI is InChI=1S/C20H24N4O2/c1-23(2)17-9-5-15(6-10-17)21-19(25)20(26)22-16-7-11-18(12-8-16)24-13-3-4-14-24/h5-12H,3-4,13-14H2,1-2H3,(H,21,25)(H,22,26). The van der Waals surface area contributed by atoms with Crippen molar-refractivity contribution in [1.29, 1.82) is 0 Å². The fourth-order valence-corrected chi connectivity index (χ4v) is 2.95. The minimum atomic E-state index is -0.689. The molecule has 3 rings (SSSR count). The average Bonchev–Trinajstić information content (AvgIpc) is 3.17. The molecule has 1 aliphatic rings. The number of carbonyl (C=O) groups is 2. The quantitative estimate of drug-likeness (QED) is 0.831. The van der Waals surface area contributed by atoms with E-state index in [2.05, 4.69) is 15.5 Å². The second kappa shape index (κ2) is 7.91. The van der Waals surface area contributed by atoms with Gasteiger partial charge in [0.1, 0.15) is 0 Å². The Balaban J connectivity index is 1.55. The SMILES string of the molecule is CN(C)c1ccc(NC(=O)C(=O)Nc2ccc(N3CCCC3)cc2)cc1. The number of anilines is 4. The van der Waals surface area contributed by atoms with Gasteiger partial charge in [-0.1, -0.05) is 0 Å². The van der Waals surface area contributed by atoms with Crippen molar-refractivity contribution in [1.82, 2.24) is 0 Å². The van der Waals surface area contributed by atoms with Gasteiger partial charge in [0.2, 0.25) is 0 Å². The Hall–Kier alpha value is -3.02. The molecule has 1 saturated heterocycles. The molecule has 6 nitrogen and oxygen atoms in total. The van der Waals surface area contributed by atoms with Crippen LogP contribution in [0.25, 0.3) is 0 Å². The summed E-state index contributed by atoms with van der Waals surface area (Å²) in [6.07, 6.45) is 2.43. The Morgan fingerprint density at radius 1 is 0.808 bits per heavy atom. The van der Waals surface area contributed by atoms with Crippen LogP contribution >= 0.6 is 0 Å². The van der Waals surface area contributed by atoms with Gasteiger partial charge < -0.3 is 20.4 Å². The molecule has 1 heterocycles. The molecular weight excluding hydrogens is 328 g/mol. The minimum Gasteiger partial charge on any atom is -0.378 e. The van der Waals surface area contributed by atoms with E-state index in [1.807, 2.05) is 55.4 Å². The van der Waals surface area contributed by atoms with E-state index in [-0.39, 0.29) is 0 Å². The number of hydrogen-bond acceptors (Lipinski definition) is 4. The lowest BCUT2D eigenvalue weighted by atomic mass is 10.2. The predicted molar refractivity (Wildman–Crippen MR) is 106 cm³/mol. The maximum atomic E-state index is 12.1. The molecule has 0 bridgehead atoms. The van der Waals surface area contributed by atoms with E-state index in [1.54, 1.807) is 12.1 Å². The molecule has 2 N–H and O–H groups in total. The van der Waals surface area contributed by atoms with Crippen molar-refractivity contribution in [3.8, 4) is 0 Å². The van der Waals surface area contributed by atoms with Crippen molar-refractivity contribution in [2.75, 3.05) is 47.6 Å². The summed E-state index contributed by atoms with van der Waals surface area (Å²) in [7, 11) is 3.88. The maximum Gasteiger partial charge on any atom is 0.314 e. The minimum absolute atomic E-state index is 0.583. The summed E-state index contributed by atoms with van der Waals surface area (Å²) in [5.41, 5.74) is 3.35. The lowest BCUT2D eigenvalue weighted by molar-refractivity contribution is -0.132.